The highest BCUT2D eigenvalue weighted by Crippen LogP contribution is 2.48. The first-order chi connectivity index (χ1) is 12.5. The van der Waals surface area contributed by atoms with Crippen LogP contribution in [0.1, 0.15) is 78.6 Å². The third-order valence-corrected chi connectivity index (χ3v) is 7.37. The highest BCUT2D eigenvalue weighted by atomic mass is 16.6. The van der Waals surface area contributed by atoms with Crippen LogP contribution >= 0.6 is 0 Å². The normalized spacial score (nSPS) is 36.7. The van der Waals surface area contributed by atoms with Crippen LogP contribution in [-0.2, 0) is 14.2 Å². The monoisotopic (exact) mass is 368 g/mol. The molecule has 4 heteroatoms. The van der Waals surface area contributed by atoms with Gasteiger partial charge in [0.15, 0.2) is 0 Å². The van der Waals surface area contributed by atoms with Crippen molar-refractivity contribution in [2.45, 2.75) is 103 Å². The summed E-state index contributed by atoms with van der Waals surface area (Å²) in [5.74, 6) is 1.63. The van der Waals surface area contributed by atoms with Gasteiger partial charge in [0.2, 0.25) is 0 Å². The summed E-state index contributed by atoms with van der Waals surface area (Å²) in [5.41, 5.74) is 0.415. The number of aliphatic hydroxyl groups excluding tert-OH is 1. The molecule has 1 heterocycles. The molecule has 1 N–H and O–H groups in total. The summed E-state index contributed by atoms with van der Waals surface area (Å²) >= 11 is 0. The van der Waals surface area contributed by atoms with Gasteiger partial charge in [0.05, 0.1) is 38.1 Å². The molecule has 152 valence electrons. The summed E-state index contributed by atoms with van der Waals surface area (Å²) in [4.78, 5) is 0. The van der Waals surface area contributed by atoms with E-state index in [0.29, 0.717) is 30.3 Å². The Labute approximate surface area is 160 Å². The maximum absolute atomic E-state index is 9.69. The first kappa shape index (κ1) is 20.6. The lowest BCUT2D eigenvalue weighted by Gasteiger charge is -2.46. The zero-order valence-electron chi connectivity index (χ0n) is 17.1. The molecule has 0 spiro atoms. The predicted molar refractivity (Wildman–Crippen MR) is 103 cm³/mol. The van der Waals surface area contributed by atoms with Gasteiger partial charge in [0.25, 0.3) is 0 Å². The predicted octanol–water partition coefficient (Wildman–Crippen LogP) is 4.33. The molecule has 0 radical (unpaired) electrons. The average molecular weight is 369 g/mol. The molecule has 3 aliphatic rings. The quantitative estimate of drug-likeness (QED) is 0.615. The molecule has 0 aromatic rings. The summed E-state index contributed by atoms with van der Waals surface area (Å²) in [5, 5.41) is 9.69. The van der Waals surface area contributed by atoms with Crippen LogP contribution in [0.2, 0.25) is 0 Å². The Morgan fingerprint density at radius 3 is 1.88 bits per heavy atom. The maximum Gasteiger partial charge on any atom is 0.104 e. The Hall–Kier alpha value is -0.160. The van der Waals surface area contributed by atoms with Gasteiger partial charge in [-0.25, -0.2) is 0 Å². The van der Waals surface area contributed by atoms with E-state index in [-0.39, 0.29) is 6.10 Å². The number of hydrogen-bond acceptors (Lipinski definition) is 4. The zero-order chi connectivity index (χ0) is 18.6. The molecule has 0 aromatic carbocycles. The molecule has 1 saturated heterocycles. The van der Waals surface area contributed by atoms with Gasteiger partial charge < -0.3 is 19.3 Å². The number of hydrogen-bond donors (Lipinski definition) is 1. The molecular weight excluding hydrogens is 328 g/mol. The van der Waals surface area contributed by atoms with Gasteiger partial charge in [-0.05, 0) is 75.0 Å². The van der Waals surface area contributed by atoms with Crippen molar-refractivity contribution < 1.29 is 19.3 Å². The number of epoxide rings is 1. The van der Waals surface area contributed by atoms with E-state index in [2.05, 4.69) is 13.8 Å². The topological polar surface area (TPSA) is 51.2 Å². The molecular formula is C22H40O4. The number of ether oxygens (including phenoxy) is 3. The van der Waals surface area contributed by atoms with Crippen LogP contribution in [0.3, 0.4) is 0 Å². The van der Waals surface area contributed by atoms with E-state index in [9.17, 15) is 5.11 Å². The van der Waals surface area contributed by atoms with E-state index in [1.165, 1.54) is 38.5 Å². The fourth-order valence-corrected chi connectivity index (χ4v) is 5.05. The average Bonchev–Trinajstić information content (AvgIpc) is 3.49. The Bertz CT molecular complexity index is 404. The summed E-state index contributed by atoms with van der Waals surface area (Å²) in [7, 11) is 0. The Balaban J connectivity index is 1.38. The van der Waals surface area contributed by atoms with Crippen LogP contribution in [0.25, 0.3) is 0 Å². The molecule has 2 saturated carbocycles. The molecule has 4 nitrogen and oxygen atoms in total. The Morgan fingerprint density at radius 2 is 1.42 bits per heavy atom. The smallest absolute Gasteiger partial charge is 0.104 e. The van der Waals surface area contributed by atoms with Gasteiger partial charge in [-0.15, -0.1) is 0 Å². The molecule has 0 bridgehead atoms. The van der Waals surface area contributed by atoms with Crippen molar-refractivity contribution >= 4 is 0 Å². The lowest BCUT2D eigenvalue weighted by molar-refractivity contribution is -0.0534. The van der Waals surface area contributed by atoms with E-state index in [1.807, 2.05) is 6.92 Å². The SMILES string of the molecule is CCC(O)COC1CCC(C(C)(C)C2CCC(OCC3CO3)CC2)CC1. The molecule has 2 unspecified atom stereocenters. The molecule has 3 fully saturated rings. The van der Waals surface area contributed by atoms with Crippen molar-refractivity contribution in [3.63, 3.8) is 0 Å². The zero-order valence-corrected chi connectivity index (χ0v) is 17.1. The fourth-order valence-electron chi connectivity index (χ4n) is 5.05. The lowest BCUT2D eigenvalue weighted by Crippen LogP contribution is -2.39. The van der Waals surface area contributed by atoms with Crippen molar-refractivity contribution in [1.82, 2.24) is 0 Å². The van der Waals surface area contributed by atoms with Crippen molar-refractivity contribution in [3.05, 3.63) is 0 Å². The summed E-state index contributed by atoms with van der Waals surface area (Å²) < 4.78 is 17.2. The highest BCUT2D eigenvalue weighted by molar-refractivity contribution is 4.91. The summed E-state index contributed by atoms with van der Waals surface area (Å²) in [6.07, 6.45) is 11.6. The van der Waals surface area contributed by atoms with Gasteiger partial charge in [0, 0.05) is 0 Å². The van der Waals surface area contributed by atoms with Crippen LogP contribution in [0.15, 0.2) is 0 Å². The lowest BCUT2D eigenvalue weighted by atomic mass is 9.60. The van der Waals surface area contributed by atoms with Gasteiger partial charge in [0.1, 0.15) is 6.10 Å². The first-order valence-corrected chi connectivity index (χ1v) is 11.0. The molecule has 2 aliphatic carbocycles. The van der Waals surface area contributed by atoms with Crippen LogP contribution in [0.4, 0.5) is 0 Å². The Kier molecular flexibility index (Phi) is 7.40. The number of rotatable bonds is 9. The van der Waals surface area contributed by atoms with Gasteiger partial charge >= 0.3 is 0 Å². The van der Waals surface area contributed by atoms with Crippen molar-refractivity contribution in [3.8, 4) is 0 Å². The van der Waals surface area contributed by atoms with Crippen molar-refractivity contribution in [2.24, 2.45) is 17.3 Å². The fraction of sp³-hybridized carbons (Fsp3) is 1.00. The van der Waals surface area contributed by atoms with E-state index in [4.69, 9.17) is 14.2 Å². The minimum Gasteiger partial charge on any atom is -0.391 e. The second kappa shape index (κ2) is 9.36. The summed E-state index contributed by atoms with van der Waals surface area (Å²) in [6.45, 7) is 9.22. The first-order valence-electron chi connectivity index (χ1n) is 11.0. The standard InChI is InChI=1S/C22H40O4/c1-4-18(23)13-24-19-9-5-16(6-10-19)22(2,3)17-7-11-20(12-8-17)25-14-21-15-26-21/h16-21,23H,4-15H2,1-3H3. The molecule has 1 aliphatic heterocycles. The maximum atomic E-state index is 9.69. The van der Waals surface area contributed by atoms with E-state index in [1.54, 1.807) is 0 Å². The second-order valence-electron chi connectivity index (χ2n) is 9.45. The third-order valence-electron chi connectivity index (χ3n) is 7.37. The molecule has 26 heavy (non-hydrogen) atoms. The van der Waals surface area contributed by atoms with Crippen molar-refractivity contribution in [2.75, 3.05) is 19.8 Å². The number of aliphatic hydroxyl groups is 1. The summed E-state index contributed by atoms with van der Waals surface area (Å²) in [6, 6.07) is 0. The van der Waals surface area contributed by atoms with E-state index < -0.39 is 0 Å². The molecule has 2 atom stereocenters. The Morgan fingerprint density at radius 1 is 0.923 bits per heavy atom. The molecule has 3 rings (SSSR count). The second-order valence-corrected chi connectivity index (χ2v) is 9.45. The van der Waals surface area contributed by atoms with Crippen LogP contribution in [0, 0.1) is 17.3 Å². The van der Waals surface area contributed by atoms with Gasteiger partial charge in [-0.3, -0.25) is 0 Å². The van der Waals surface area contributed by atoms with Crippen molar-refractivity contribution in [1.29, 1.82) is 0 Å². The van der Waals surface area contributed by atoms with E-state index >= 15 is 0 Å². The third kappa shape index (κ3) is 5.67. The van der Waals surface area contributed by atoms with Crippen LogP contribution in [0.5, 0.6) is 0 Å². The molecule has 0 amide bonds. The van der Waals surface area contributed by atoms with Gasteiger partial charge in [-0.2, -0.15) is 0 Å². The minimum absolute atomic E-state index is 0.298. The largest absolute Gasteiger partial charge is 0.391 e. The van der Waals surface area contributed by atoms with E-state index in [0.717, 1.165) is 44.3 Å². The van der Waals surface area contributed by atoms with Crippen LogP contribution in [-0.4, -0.2) is 49.3 Å². The highest BCUT2D eigenvalue weighted by Gasteiger charge is 2.41. The molecule has 0 aromatic heterocycles. The van der Waals surface area contributed by atoms with Gasteiger partial charge in [-0.1, -0.05) is 20.8 Å². The van der Waals surface area contributed by atoms with Crippen LogP contribution < -0.4 is 0 Å². The minimum atomic E-state index is -0.298.